The maximum Gasteiger partial charge on any atom is 0.354 e. The van der Waals surface area contributed by atoms with Gasteiger partial charge in [-0.25, -0.2) is 14.8 Å². The van der Waals surface area contributed by atoms with Gasteiger partial charge in [-0.05, 0) is 12.5 Å². The number of aromatic amines is 1. The number of carbonyl (C=O) groups is 1. The molecule has 1 aliphatic heterocycles. The Bertz CT molecular complexity index is 1130. The highest BCUT2D eigenvalue weighted by molar-refractivity contribution is 5.85. The minimum Gasteiger partial charge on any atom is -0.493 e. The van der Waals surface area contributed by atoms with Crippen molar-refractivity contribution in [1.29, 1.82) is 5.41 Å². The number of hydrogen-bond acceptors (Lipinski definition) is 8. The number of ether oxygens (including phenoxy) is 3. The molecule has 0 aliphatic carbocycles. The van der Waals surface area contributed by atoms with Crippen LogP contribution in [-0.2, 0) is 4.74 Å². The van der Waals surface area contributed by atoms with Crippen LogP contribution in [0.25, 0.3) is 16.9 Å². The lowest BCUT2D eigenvalue weighted by molar-refractivity contribution is 0.0357. The number of nitrogens with zero attached hydrogens (tertiary/aromatic N) is 4. The lowest BCUT2D eigenvalue weighted by atomic mass is 10.2. The number of rotatable bonds is 8. The molecule has 0 radical (unpaired) electrons. The molecule has 4 rings (SSSR count). The van der Waals surface area contributed by atoms with Crippen molar-refractivity contribution >= 4 is 16.9 Å². The van der Waals surface area contributed by atoms with E-state index in [4.69, 9.17) is 24.7 Å². The molecule has 11 heteroatoms. The molecular weight excluding hydrogens is 404 g/mol. The molecule has 0 saturated carbocycles. The standard InChI is InChI=1S/C20H24N6O5/c1-29-16-9-13-14(10-17(16)31-6-2-3-25-4-7-30-8-5-25)23-12-26(18(13)21)20-22-11-15(24-20)19(27)28/h9-12,21H,2-8H2,1H3,(H,22,24)(H,27,28). The van der Waals surface area contributed by atoms with Gasteiger partial charge >= 0.3 is 5.97 Å². The van der Waals surface area contributed by atoms with Gasteiger partial charge < -0.3 is 24.3 Å². The smallest absolute Gasteiger partial charge is 0.354 e. The van der Waals surface area contributed by atoms with Crippen LogP contribution in [0.15, 0.2) is 24.7 Å². The number of carboxylic acids is 1. The number of fused-ring (bicyclic) bond motifs is 1. The van der Waals surface area contributed by atoms with E-state index < -0.39 is 5.97 Å². The van der Waals surface area contributed by atoms with E-state index in [1.165, 1.54) is 17.1 Å². The lowest BCUT2D eigenvalue weighted by Gasteiger charge is -2.26. The highest BCUT2D eigenvalue weighted by Crippen LogP contribution is 2.30. The van der Waals surface area contributed by atoms with Crippen molar-refractivity contribution in [3.05, 3.63) is 35.8 Å². The van der Waals surface area contributed by atoms with Crippen molar-refractivity contribution in [2.45, 2.75) is 6.42 Å². The van der Waals surface area contributed by atoms with Gasteiger partial charge in [0.2, 0.25) is 5.95 Å². The molecule has 1 fully saturated rings. The van der Waals surface area contributed by atoms with Crippen LogP contribution in [0.2, 0.25) is 0 Å². The molecular formula is C20H24N6O5. The summed E-state index contributed by atoms with van der Waals surface area (Å²) in [7, 11) is 1.54. The highest BCUT2D eigenvalue weighted by Gasteiger charge is 2.14. The summed E-state index contributed by atoms with van der Waals surface area (Å²) in [6, 6.07) is 3.44. The topological polar surface area (TPSA) is 139 Å². The summed E-state index contributed by atoms with van der Waals surface area (Å²) in [6.07, 6.45) is 3.49. The fourth-order valence-corrected chi connectivity index (χ4v) is 3.42. The van der Waals surface area contributed by atoms with Gasteiger partial charge in [0.1, 0.15) is 17.5 Å². The minimum atomic E-state index is -1.13. The minimum absolute atomic E-state index is 0.0691. The molecule has 3 N–H and O–H groups in total. The van der Waals surface area contributed by atoms with Gasteiger partial charge in [-0.2, -0.15) is 0 Å². The Labute approximate surface area is 177 Å². The summed E-state index contributed by atoms with van der Waals surface area (Å²) in [5, 5.41) is 18.1. The number of aromatic carboxylic acids is 1. The molecule has 3 heterocycles. The number of carboxylic acid groups (broad SMARTS) is 1. The van der Waals surface area contributed by atoms with Gasteiger partial charge in [0, 0.05) is 31.1 Å². The van der Waals surface area contributed by atoms with E-state index in [-0.39, 0.29) is 17.1 Å². The molecule has 1 aliphatic rings. The number of hydrogen-bond donors (Lipinski definition) is 3. The Hall–Kier alpha value is -3.44. The molecule has 0 spiro atoms. The van der Waals surface area contributed by atoms with Crippen LogP contribution in [0.4, 0.5) is 0 Å². The highest BCUT2D eigenvalue weighted by atomic mass is 16.5. The monoisotopic (exact) mass is 428 g/mol. The molecule has 3 aromatic rings. The average molecular weight is 428 g/mol. The molecule has 1 saturated heterocycles. The van der Waals surface area contributed by atoms with Crippen LogP contribution in [-0.4, -0.2) is 82.1 Å². The van der Waals surface area contributed by atoms with Gasteiger partial charge in [-0.3, -0.25) is 14.9 Å². The largest absolute Gasteiger partial charge is 0.493 e. The van der Waals surface area contributed by atoms with Crippen molar-refractivity contribution in [3.8, 4) is 17.4 Å². The van der Waals surface area contributed by atoms with E-state index in [9.17, 15) is 4.79 Å². The maximum absolute atomic E-state index is 11.1. The zero-order valence-corrected chi connectivity index (χ0v) is 17.1. The first-order valence-corrected chi connectivity index (χ1v) is 9.92. The number of nitrogens with one attached hydrogen (secondary N) is 2. The van der Waals surface area contributed by atoms with E-state index in [0.717, 1.165) is 39.3 Å². The second kappa shape index (κ2) is 9.14. The van der Waals surface area contributed by atoms with Gasteiger partial charge in [-0.15, -0.1) is 0 Å². The molecule has 0 unspecified atom stereocenters. The van der Waals surface area contributed by atoms with Gasteiger partial charge in [0.05, 0.1) is 38.6 Å². The summed E-state index contributed by atoms with van der Waals surface area (Å²) < 4.78 is 18.1. The normalized spacial score (nSPS) is 14.6. The van der Waals surface area contributed by atoms with E-state index in [0.29, 0.717) is 29.0 Å². The first kappa shape index (κ1) is 20.8. The first-order valence-electron chi connectivity index (χ1n) is 9.92. The second-order valence-corrected chi connectivity index (χ2v) is 7.07. The zero-order chi connectivity index (χ0) is 21.8. The van der Waals surface area contributed by atoms with Crippen molar-refractivity contribution < 1.29 is 24.1 Å². The Morgan fingerprint density at radius 2 is 2.10 bits per heavy atom. The SMILES string of the molecule is COc1cc2c(=N)n(-c3ncc(C(=O)O)[nH]3)cnc2cc1OCCCN1CCOCC1. The first-order chi connectivity index (χ1) is 15.1. The summed E-state index contributed by atoms with van der Waals surface area (Å²) in [5.41, 5.74) is 0.587. The third-order valence-electron chi connectivity index (χ3n) is 5.09. The Balaban J connectivity index is 1.53. The summed E-state index contributed by atoms with van der Waals surface area (Å²) in [6.45, 7) is 4.91. The predicted molar refractivity (Wildman–Crippen MR) is 110 cm³/mol. The van der Waals surface area contributed by atoms with Crippen LogP contribution < -0.4 is 15.0 Å². The van der Waals surface area contributed by atoms with Gasteiger partial charge in [0.15, 0.2) is 11.5 Å². The fraction of sp³-hybridized carbons (Fsp3) is 0.400. The molecule has 11 nitrogen and oxygen atoms in total. The molecule has 164 valence electrons. The number of methoxy groups -OCH3 is 1. The van der Waals surface area contributed by atoms with Crippen molar-refractivity contribution in [2.75, 3.05) is 46.6 Å². The zero-order valence-electron chi connectivity index (χ0n) is 17.1. The Morgan fingerprint density at radius 3 is 2.81 bits per heavy atom. The van der Waals surface area contributed by atoms with Gasteiger partial charge in [-0.1, -0.05) is 0 Å². The van der Waals surface area contributed by atoms with E-state index in [1.54, 1.807) is 19.2 Å². The van der Waals surface area contributed by atoms with Crippen molar-refractivity contribution in [3.63, 3.8) is 0 Å². The number of benzene rings is 1. The Kier molecular flexibility index (Phi) is 6.14. The van der Waals surface area contributed by atoms with Crippen molar-refractivity contribution in [2.24, 2.45) is 0 Å². The number of H-pyrrole nitrogens is 1. The second-order valence-electron chi connectivity index (χ2n) is 7.07. The molecule has 31 heavy (non-hydrogen) atoms. The molecule has 2 aromatic heterocycles. The van der Waals surface area contributed by atoms with Crippen LogP contribution in [0.3, 0.4) is 0 Å². The number of morpholine rings is 1. The quantitative estimate of drug-likeness (QED) is 0.452. The van der Waals surface area contributed by atoms with Crippen LogP contribution in [0.1, 0.15) is 16.9 Å². The van der Waals surface area contributed by atoms with Crippen molar-refractivity contribution in [1.82, 2.24) is 24.4 Å². The van der Waals surface area contributed by atoms with Crippen LogP contribution in [0, 0.1) is 5.41 Å². The molecule has 1 aromatic carbocycles. The van der Waals surface area contributed by atoms with E-state index >= 15 is 0 Å². The Morgan fingerprint density at radius 1 is 1.29 bits per heavy atom. The third kappa shape index (κ3) is 4.52. The fourth-order valence-electron chi connectivity index (χ4n) is 3.42. The summed E-state index contributed by atoms with van der Waals surface area (Å²) >= 11 is 0. The summed E-state index contributed by atoms with van der Waals surface area (Å²) in [4.78, 5) is 24.5. The van der Waals surface area contributed by atoms with E-state index in [1.807, 2.05) is 0 Å². The third-order valence-corrected chi connectivity index (χ3v) is 5.09. The maximum atomic E-state index is 11.1. The number of imidazole rings is 1. The van der Waals surface area contributed by atoms with Gasteiger partial charge in [0.25, 0.3) is 0 Å². The lowest BCUT2D eigenvalue weighted by Crippen LogP contribution is -2.37. The van der Waals surface area contributed by atoms with Crippen LogP contribution >= 0.6 is 0 Å². The molecule has 0 atom stereocenters. The average Bonchev–Trinajstić information content (AvgIpc) is 3.28. The number of aromatic nitrogens is 4. The van der Waals surface area contributed by atoms with E-state index in [2.05, 4.69) is 19.9 Å². The molecule has 0 bridgehead atoms. The molecule has 0 amide bonds. The predicted octanol–water partition coefficient (Wildman–Crippen LogP) is 1.04. The van der Waals surface area contributed by atoms with Crippen LogP contribution in [0.5, 0.6) is 11.5 Å². The summed E-state index contributed by atoms with van der Waals surface area (Å²) in [5.74, 6) is 0.126.